The van der Waals surface area contributed by atoms with Crippen LogP contribution in [-0.2, 0) is 6.54 Å². The van der Waals surface area contributed by atoms with E-state index in [0.717, 1.165) is 38.3 Å². The normalized spacial score (nSPS) is 15.9. The van der Waals surface area contributed by atoms with E-state index in [1.165, 1.54) is 16.3 Å². The molecule has 4 nitrogen and oxygen atoms in total. The van der Waals surface area contributed by atoms with Crippen LogP contribution in [0.5, 0.6) is 0 Å². The van der Waals surface area contributed by atoms with Crippen molar-refractivity contribution in [2.24, 2.45) is 5.10 Å². The molecule has 2 heterocycles. The zero-order chi connectivity index (χ0) is 16.9. The number of piperazine rings is 1. The molecule has 0 N–H and O–H groups in total. The van der Waals surface area contributed by atoms with Crippen molar-refractivity contribution in [3.05, 3.63) is 78.1 Å². The first-order chi connectivity index (χ1) is 12.4. The van der Waals surface area contributed by atoms with Gasteiger partial charge in [-0.15, -0.1) is 0 Å². The fourth-order valence-corrected chi connectivity index (χ4v) is 3.28. The van der Waals surface area contributed by atoms with Crippen LogP contribution in [0.4, 0.5) is 0 Å². The van der Waals surface area contributed by atoms with E-state index in [-0.39, 0.29) is 0 Å². The van der Waals surface area contributed by atoms with Crippen LogP contribution in [0.3, 0.4) is 0 Å². The summed E-state index contributed by atoms with van der Waals surface area (Å²) in [5, 5.41) is 9.44. The molecule has 0 amide bonds. The summed E-state index contributed by atoms with van der Waals surface area (Å²) >= 11 is 0. The number of rotatable bonds is 4. The molecule has 1 aromatic heterocycles. The van der Waals surface area contributed by atoms with Crippen LogP contribution in [0.15, 0.2) is 72.1 Å². The molecule has 0 unspecified atom stereocenters. The molecule has 1 saturated heterocycles. The van der Waals surface area contributed by atoms with E-state index in [2.05, 4.69) is 62.5 Å². The Labute approximate surface area is 148 Å². The number of aromatic nitrogens is 1. The highest BCUT2D eigenvalue weighted by atomic mass is 15.5. The standard InChI is InChI=1S/C21H22N4/c1-2-7-21-19(4-1)5-3-6-20(21)17-24-12-14-25(15-13-24)23-16-18-8-10-22-11-9-18/h1-11,16H,12-15,17H2/b23-16-. The maximum atomic E-state index is 4.60. The van der Waals surface area contributed by atoms with Gasteiger partial charge in [0.15, 0.2) is 0 Å². The molecule has 0 aliphatic carbocycles. The molecule has 1 aliphatic heterocycles. The number of nitrogens with zero attached hydrogens (tertiary/aromatic N) is 4. The van der Waals surface area contributed by atoms with Gasteiger partial charge in [0, 0.05) is 45.1 Å². The molecule has 25 heavy (non-hydrogen) atoms. The van der Waals surface area contributed by atoms with Gasteiger partial charge in [-0.3, -0.25) is 14.9 Å². The minimum atomic E-state index is 0.965. The van der Waals surface area contributed by atoms with Gasteiger partial charge in [0.05, 0.1) is 6.21 Å². The van der Waals surface area contributed by atoms with Crippen LogP contribution in [-0.4, -0.2) is 47.3 Å². The summed E-state index contributed by atoms with van der Waals surface area (Å²) in [5.74, 6) is 0. The lowest BCUT2D eigenvalue weighted by molar-refractivity contribution is 0.131. The fraction of sp³-hybridized carbons (Fsp3) is 0.238. The minimum absolute atomic E-state index is 0.965. The van der Waals surface area contributed by atoms with Crippen LogP contribution in [0.1, 0.15) is 11.1 Å². The highest BCUT2D eigenvalue weighted by Gasteiger charge is 2.16. The Bertz CT molecular complexity index is 847. The molecule has 1 fully saturated rings. The second-order valence-corrected chi connectivity index (χ2v) is 6.39. The van der Waals surface area contributed by atoms with Gasteiger partial charge in [-0.05, 0) is 34.0 Å². The highest BCUT2D eigenvalue weighted by Crippen LogP contribution is 2.20. The molecular weight excluding hydrogens is 308 g/mol. The molecule has 126 valence electrons. The van der Waals surface area contributed by atoms with Crippen molar-refractivity contribution < 1.29 is 0 Å². The number of benzene rings is 2. The Morgan fingerprint density at radius 2 is 1.64 bits per heavy atom. The summed E-state index contributed by atoms with van der Waals surface area (Å²) in [6, 6.07) is 19.2. The van der Waals surface area contributed by atoms with Crippen molar-refractivity contribution in [1.82, 2.24) is 14.9 Å². The second kappa shape index (κ2) is 7.45. The maximum absolute atomic E-state index is 4.60. The minimum Gasteiger partial charge on any atom is -0.295 e. The summed E-state index contributed by atoms with van der Waals surface area (Å²) < 4.78 is 0. The van der Waals surface area contributed by atoms with Crippen molar-refractivity contribution in [3.8, 4) is 0 Å². The van der Waals surface area contributed by atoms with Crippen LogP contribution in [0.2, 0.25) is 0 Å². The smallest absolute Gasteiger partial charge is 0.0544 e. The predicted molar refractivity (Wildman–Crippen MR) is 103 cm³/mol. The Balaban J connectivity index is 1.36. The van der Waals surface area contributed by atoms with Gasteiger partial charge < -0.3 is 0 Å². The van der Waals surface area contributed by atoms with Gasteiger partial charge in [0.2, 0.25) is 0 Å². The van der Waals surface area contributed by atoms with Crippen LogP contribution >= 0.6 is 0 Å². The Morgan fingerprint density at radius 3 is 2.48 bits per heavy atom. The Morgan fingerprint density at radius 1 is 0.880 bits per heavy atom. The molecule has 4 heteroatoms. The Kier molecular flexibility index (Phi) is 4.70. The van der Waals surface area contributed by atoms with Gasteiger partial charge in [-0.25, -0.2) is 0 Å². The quantitative estimate of drug-likeness (QED) is 0.687. The monoisotopic (exact) mass is 330 g/mol. The molecular formula is C21H22N4. The molecule has 4 rings (SSSR count). The number of hydrogen-bond donors (Lipinski definition) is 0. The van der Waals surface area contributed by atoms with Gasteiger partial charge in [-0.2, -0.15) is 5.10 Å². The van der Waals surface area contributed by atoms with Crippen molar-refractivity contribution >= 4 is 17.0 Å². The molecule has 0 radical (unpaired) electrons. The Hall–Kier alpha value is -2.72. The summed E-state index contributed by atoms with van der Waals surface area (Å²) in [6.07, 6.45) is 5.51. The number of hydrazone groups is 1. The van der Waals surface area contributed by atoms with E-state index in [1.807, 2.05) is 18.3 Å². The van der Waals surface area contributed by atoms with Gasteiger partial charge >= 0.3 is 0 Å². The lowest BCUT2D eigenvalue weighted by Crippen LogP contribution is -2.43. The summed E-state index contributed by atoms with van der Waals surface area (Å²) in [6.45, 7) is 5.01. The zero-order valence-electron chi connectivity index (χ0n) is 14.3. The predicted octanol–water partition coefficient (Wildman–Crippen LogP) is 3.39. The lowest BCUT2D eigenvalue weighted by Gasteiger charge is -2.33. The van der Waals surface area contributed by atoms with Crippen LogP contribution in [0.25, 0.3) is 10.8 Å². The molecule has 0 saturated carbocycles. The molecule has 2 aromatic carbocycles. The number of hydrogen-bond acceptors (Lipinski definition) is 4. The molecule has 0 atom stereocenters. The first-order valence-corrected chi connectivity index (χ1v) is 8.76. The summed E-state index contributed by atoms with van der Waals surface area (Å²) in [5.41, 5.74) is 2.50. The lowest BCUT2D eigenvalue weighted by atomic mass is 10.0. The first kappa shape index (κ1) is 15.8. The van der Waals surface area contributed by atoms with E-state index < -0.39 is 0 Å². The van der Waals surface area contributed by atoms with Crippen LogP contribution in [0, 0.1) is 0 Å². The van der Waals surface area contributed by atoms with Gasteiger partial charge in [0.25, 0.3) is 0 Å². The molecule has 3 aromatic rings. The zero-order valence-corrected chi connectivity index (χ0v) is 14.3. The average molecular weight is 330 g/mol. The van der Waals surface area contributed by atoms with E-state index in [0.29, 0.717) is 0 Å². The topological polar surface area (TPSA) is 31.7 Å². The maximum Gasteiger partial charge on any atom is 0.0544 e. The van der Waals surface area contributed by atoms with Gasteiger partial charge in [-0.1, -0.05) is 42.5 Å². The molecule has 1 aliphatic rings. The second-order valence-electron chi connectivity index (χ2n) is 6.39. The van der Waals surface area contributed by atoms with E-state index in [9.17, 15) is 0 Å². The van der Waals surface area contributed by atoms with Crippen molar-refractivity contribution in [3.63, 3.8) is 0 Å². The van der Waals surface area contributed by atoms with Gasteiger partial charge in [0.1, 0.15) is 0 Å². The largest absolute Gasteiger partial charge is 0.295 e. The molecule has 0 bridgehead atoms. The third kappa shape index (κ3) is 3.86. The SMILES string of the molecule is C(=N/N1CCN(Cc2cccc3ccccc23)CC1)/c1ccncc1. The van der Waals surface area contributed by atoms with Crippen molar-refractivity contribution in [1.29, 1.82) is 0 Å². The fourth-order valence-electron chi connectivity index (χ4n) is 3.28. The first-order valence-electron chi connectivity index (χ1n) is 8.76. The third-order valence-electron chi connectivity index (χ3n) is 4.70. The van der Waals surface area contributed by atoms with Crippen LogP contribution < -0.4 is 0 Å². The summed E-state index contributed by atoms with van der Waals surface area (Å²) in [7, 11) is 0. The van der Waals surface area contributed by atoms with E-state index in [1.54, 1.807) is 12.4 Å². The average Bonchev–Trinajstić information content (AvgIpc) is 2.69. The number of fused-ring (bicyclic) bond motifs is 1. The number of pyridine rings is 1. The van der Waals surface area contributed by atoms with Crippen molar-refractivity contribution in [2.45, 2.75) is 6.54 Å². The van der Waals surface area contributed by atoms with Crippen molar-refractivity contribution in [2.75, 3.05) is 26.2 Å². The highest BCUT2D eigenvalue weighted by molar-refractivity contribution is 5.85. The summed E-state index contributed by atoms with van der Waals surface area (Å²) in [4.78, 5) is 6.54. The van der Waals surface area contributed by atoms with E-state index in [4.69, 9.17) is 0 Å². The van der Waals surface area contributed by atoms with E-state index >= 15 is 0 Å². The molecule has 0 spiro atoms. The third-order valence-corrected chi connectivity index (χ3v) is 4.70.